The first-order chi connectivity index (χ1) is 12.1. The summed E-state index contributed by atoms with van der Waals surface area (Å²) in [6, 6.07) is 1.81. The molecule has 7 nitrogen and oxygen atoms in total. The molecule has 1 aromatic heterocycles. The number of rotatable bonds is 5. The van der Waals surface area contributed by atoms with Gasteiger partial charge in [0.25, 0.3) is 5.91 Å². The molecule has 3 heterocycles. The zero-order valence-electron chi connectivity index (χ0n) is 14.7. The lowest BCUT2D eigenvalue weighted by atomic mass is 10.1. The molecule has 25 heavy (non-hydrogen) atoms. The Kier molecular flexibility index (Phi) is 4.50. The molecule has 3 fully saturated rings. The van der Waals surface area contributed by atoms with E-state index in [-0.39, 0.29) is 17.9 Å². The molecule has 1 aliphatic carbocycles. The number of nitrogens with zero attached hydrogens (tertiary/aromatic N) is 3. The lowest BCUT2D eigenvalue weighted by Crippen LogP contribution is -2.41. The van der Waals surface area contributed by atoms with Gasteiger partial charge in [0, 0.05) is 44.2 Å². The van der Waals surface area contributed by atoms with E-state index in [0.717, 1.165) is 51.1 Å². The standard InChI is InChI=1S/C18H26N4O3/c1-12-9-21(11-17(23)22-6-2-3-7-22)10-15(12)19-18(24)14-8-16(25-20-14)13-4-5-13/h8,12-13,15H,2-7,9-11H2,1H3,(H,19,24)/t12-,15-/m0/s1. The summed E-state index contributed by atoms with van der Waals surface area (Å²) in [5.74, 6) is 1.61. The van der Waals surface area contributed by atoms with E-state index in [1.807, 2.05) is 4.90 Å². The summed E-state index contributed by atoms with van der Waals surface area (Å²) >= 11 is 0. The van der Waals surface area contributed by atoms with Gasteiger partial charge in [0.2, 0.25) is 5.91 Å². The molecule has 4 rings (SSSR count). The smallest absolute Gasteiger partial charge is 0.273 e. The topological polar surface area (TPSA) is 78.7 Å². The maximum atomic E-state index is 12.4. The Hall–Kier alpha value is -1.89. The van der Waals surface area contributed by atoms with E-state index in [0.29, 0.717) is 30.6 Å². The van der Waals surface area contributed by atoms with Crippen LogP contribution < -0.4 is 5.32 Å². The molecule has 1 saturated carbocycles. The Balaban J connectivity index is 1.29. The molecule has 2 atom stereocenters. The fourth-order valence-electron chi connectivity index (χ4n) is 3.84. The number of carbonyl (C=O) groups is 2. The van der Waals surface area contributed by atoms with Gasteiger partial charge < -0.3 is 14.7 Å². The number of hydrogen-bond donors (Lipinski definition) is 1. The first kappa shape index (κ1) is 16.6. The van der Waals surface area contributed by atoms with Gasteiger partial charge in [-0.25, -0.2) is 0 Å². The van der Waals surface area contributed by atoms with Crippen molar-refractivity contribution in [2.75, 3.05) is 32.7 Å². The molecular weight excluding hydrogens is 320 g/mol. The quantitative estimate of drug-likeness (QED) is 0.867. The molecule has 0 spiro atoms. The van der Waals surface area contributed by atoms with Crippen LogP contribution in [0.1, 0.15) is 54.8 Å². The van der Waals surface area contributed by atoms with E-state index in [1.54, 1.807) is 6.07 Å². The third-order valence-electron chi connectivity index (χ3n) is 5.56. The van der Waals surface area contributed by atoms with Gasteiger partial charge in [-0.3, -0.25) is 14.5 Å². The van der Waals surface area contributed by atoms with Crippen molar-refractivity contribution in [3.05, 3.63) is 17.5 Å². The van der Waals surface area contributed by atoms with Crippen LogP contribution in [0.5, 0.6) is 0 Å². The zero-order valence-corrected chi connectivity index (χ0v) is 14.7. The minimum atomic E-state index is -0.180. The summed E-state index contributed by atoms with van der Waals surface area (Å²) in [4.78, 5) is 28.8. The molecule has 7 heteroatoms. The third kappa shape index (κ3) is 3.71. The lowest BCUT2D eigenvalue weighted by Gasteiger charge is -2.20. The highest BCUT2D eigenvalue weighted by Gasteiger charge is 2.34. The highest BCUT2D eigenvalue weighted by Crippen LogP contribution is 2.40. The predicted molar refractivity (Wildman–Crippen MR) is 91.2 cm³/mol. The Morgan fingerprint density at radius 2 is 2.04 bits per heavy atom. The average Bonchev–Trinajstić information content (AvgIpc) is 3.02. The van der Waals surface area contributed by atoms with Crippen molar-refractivity contribution >= 4 is 11.8 Å². The largest absolute Gasteiger partial charge is 0.360 e. The maximum absolute atomic E-state index is 12.4. The summed E-state index contributed by atoms with van der Waals surface area (Å²) in [5.41, 5.74) is 0.362. The van der Waals surface area contributed by atoms with E-state index in [4.69, 9.17) is 4.52 Å². The molecule has 0 radical (unpaired) electrons. The molecule has 2 aliphatic heterocycles. The minimum Gasteiger partial charge on any atom is -0.360 e. The highest BCUT2D eigenvalue weighted by molar-refractivity contribution is 5.92. The number of likely N-dealkylation sites (tertiary alicyclic amines) is 2. The second-order valence-electron chi connectivity index (χ2n) is 7.73. The number of nitrogens with one attached hydrogen (secondary N) is 1. The predicted octanol–water partition coefficient (Wildman–Crippen LogP) is 1.22. The molecule has 0 aromatic carbocycles. The van der Waals surface area contributed by atoms with Crippen molar-refractivity contribution in [1.29, 1.82) is 0 Å². The van der Waals surface area contributed by atoms with Gasteiger partial charge in [-0.15, -0.1) is 0 Å². The highest BCUT2D eigenvalue weighted by atomic mass is 16.5. The molecular formula is C18H26N4O3. The van der Waals surface area contributed by atoms with Gasteiger partial charge in [0.15, 0.2) is 5.69 Å². The van der Waals surface area contributed by atoms with Crippen LogP contribution in [-0.4, -0.2) is 65.5 Å². The minimum absolute atomic E-state index is 0.0416. The Labute approximate surface area is 147 Å². The van der Waals surface area contributed by atoms with Crippen LogP contribution in [0.2, 0.25) is 0 Å². The van der Waals surface area contributed by atoms with Crippen molar-refractivity contribution in [1.82, 2.24) is 20.3 Å². The molecule has 0 unspecified atom stereocenters. The van der Waals surface area contributed by atoms with Crippen molar-refractivity contribution < 1.29 is 14.1 Å². The van der Waals surface area contributed by atoms with Crippen LogP contribution in [0.4, 0.5) is 0 Å². The summed E-state index contributed by atoms with van der Waals surface area (Å²) in [5, 5.41) is 6.97. The average molecular weight is 346 g/mol. The van der Waals surface area contributed by atoms with E-state index < -0.39 is 0 Å². The van der Waals surface area contributed by atoms with Crippen LogP contribution in [0.25, 0.3) is 0 Å². The fraction of sp³-hybridized carbons (Fsp3) is 0.722. The molecule has 2 saturated heterocycles. The molecule has 1 aromatic rings. The summed E-state index contributed by atoms with van der Waals surface area (Å²) in [7, 11) is 0. The van der Waals surface area contributed by atoms with Gasteiger partial charge in [-0.2, -0.15) is 0 Å². The fourth-order valence-corrected chi connectivity index (χ4v) is 3.84. The van der Waals surface area contributed by atoms with E-state index in [2.05, 4.69) is 22.3 Å². The van der Waals surface area contributed by atoms with Crippen LogP contribution >= 0.6 is 0 Å². The number of hydrogen-bond acceptors (Lipinski definition) is 5. The van der Waals surface area contributed by atoms with Gasteiger partial charge in [-0.1, -0.05) is 12.1 Å². The van der Waals surface area contributed by atoms with Crippen LogP contribution in [-0.2, 0) is 4.79 Å². The van der Waals surface area contributed by atoms with E-state index >= 15 is 0 Å². The van der Waals surface area contributed by atoms with Gasteiger partial charge in [0.05, 0.1) is 6.54 Å². The molecule has 2 amide bonds. The number of aromatic nitrogens is 1. The molecule has 1 N–H and O–H groups in total. The van der Waals surface area contributed by atoms with Crippen LogP contribution in [0.15, 0.2) is 10.6 Å². The summed E-state index contributed by atoms with van der Waals surface area (Å²) in [6.07, 6.45) is 4.47. The molecule has 136 valence electrons. The first-order valence-electron chi connectivity index (χ1n) is 9.38. The van der Waals surface area contributed by atoms with Crippen molar-refractivity contribution in [3.63, 3.8) is 0 Å². The van der Waals surface area contributed by atoms with Gasteiger partial charge in [0.1, 0.15) is 5.76 Å². The molecule has 0 bridgehead atoms. The van der Waals surface area contributed by atoms with E-state index in [1.165, 1.54) is 0 Å². The van der Waals surface area contributed by atoms with Gasteiger partial charge >= 0.3 is 0 Å². The normalized spacial score (nSPS) is 27.0. The second kappa shape index (κ2) is 6.78. The number of amides is 2. The lowest BCUT2D eigenvalue weighted by molar-refractivity contribution is -0.131. The van der Waals surface area contributed by atoms with Crippen molar-refractivity contribution in [2.45, 2.75) is 44.6 Å². The SMILES string of the molecule is C[C@H]1CN(CC(=O)N2CCCC2)C[C@@H]1NC(=O)c1cc(C2CC2)on1. The molecule has 3 aliphatic rings. The van der Waals surface area contributed by atoms with Gasteiger partial charge in [-0.05, 0) is 31.6 Å². The number of carbonyl (C=O) groups excluding carboxylic acids is 2. The maximum Gasteiger partial charge on any atom is 0.273 e. The van der Waals surface area contributed by atoms with Crippen LogP contribution in [0.3, 0.4) is 0 Å². The van der Waals surface area contributed by atoms with Crippen LogP contribution in [0, 0.1) is 5.92 Å². The summed E-state index contributed by atoms with van der Waals surface area (Å²) < 4.78 is 5.26. The third-order valence-corrected chi connectivity index (χ3v) is 5.56. The van der Waals surface area contributed by atoms with Crippen molar-refractivity contribution in [3.8, 4) is 0 Å². The Morgan fingerprint density at radius 1 is 1.28 bits per heavy atom. The second-order valence-corrected chi connectivity index (χ2v) is 7.73. The van der Waals surface area contributed by atoms with Crippen molar-refractivity contribution in [2.24, 2.45) is 5.92 Å². The Bertz CT molecular complexity index is 649. The monoisotopic (exact) mass is 346 g/mol. The summed E-state index contributed by atoms with van der Waals surface area (Å²) in [6.45, 7) is 5.88. The van der Waals surface area contributed by atoms with E-state index in [9.17, 15) is 9.59 Å². The Morgan fingerprint density at radius 3 is 2.76 bits per heavy atom. The zero-order chi connectivity index (χ0) is 17.4. The first-order valence-corrected chi connectivity index (χ1v) is 9.38.